The van der Waals surface area contributed by atoms with E-state index in [0.717, 1.165) is 4.90 Å². The van der Waals surface area contributed by atoms with Crippen LogP contribution < -0.4 is 4.74 Å². The second kappa shape index (κ2) is 4.06. The first-order valence-corrected chi connectivity index (χ1v) is 5.31. The minimum absolute atomic E-state index is 0.404. The van der Waals surface area contributed by atoms with E-state index in [-0.39, 0.29) is 0 Å². The summed E-state index contributed by atoms with van der Waals surface area (Å²) < 4.78 is 32.7. The number of oxazole rings is 1. The van der Waals surface area contributed by atoms with Gasteiger partial charge in [0.05, 0.1) is 0 Å². The monoisotopic (exact) mass is 231 g/mol. The first kappa shape index (κ1) is 10.2. The molecule has 0 aliphatic carbocycles. The largest absolute Gasteiger partial charge is 0.409 e. The van der Waals surface area contributed by atoms with Gasteiger partial charge in [-0.1, -0.05) is 0 Å². The van der Waals surface area contributed by atoms with Gasteiger partial charge in [-0.15, -0.1) is 11.8 Å². The molecule has 0 saturated carbocycles. The molecule has 0 amide bonds. The molecule has 0 fully saturated rings. The third-order valence-corrected chi connectivity index (χ3v) is 2.49. The molecule has 80 valence electrons. The first-order chi connectivity index (χ1) is 7.19. The highest BCUT2D eigenvalue weighted by Crippen LogP contribution is 2.25. The molecule has 0 aliphatic heterocycles. The van der Waals surface area contributed by atoms with Gasteiger partial charge in [-0.3, -0.25) is 0 Å². The Balaban J connectivity index is 2.37. The summed E-state index contributed by atoms with van der Waals surface area (Å²) in [6.07, 6.45) is 1.51. The van der Waals surface area contributed by atoms with Gasteiger partial charge >= 0.3 is 12.7 Å². The van der Waals surface area contributed by atoms with Crippen LogP contribution in [0.3, 0.4) is 0 Å². The Bertz CT molecular complexity index is 472. The van der Waals surface area contributed by atoms with Crippen LogP contribution in [0.1, 0.15) is 0 Å². The van der Waals surface area contributed by atoms with Gasteiger partial charge in [-0.25, -0.2) is 0 Å². The molecule has 0 radical (unpaired) electrons. The lowest BCUT2D eigenvalue weighted by Gasteiger charge is -1.94. The topological polar surface area (TPSA) is 35.3 Å². The maximum Gasteiger partial charge on any atom is 0.399 e. The van der Waals surface area contributed by atoms with E-state index in [9.17, 15) is 8.78 Å². The molecule has 0 aliphatic rings. The summed E-state index contributed by atoms with van der Waals surface area (Å²) >= 11 is 1.54. The van der Waals surface area contributed by atoms with Gasteiger partial charge in [0.2, 0.25) is 0 Å². The van der Waals surface area contributed by atoms with E-state index in [1.165, 1.54) is 11.8 Å². The lowest BCUT2D eigenvalue weighted by molar-refractivity contribution is -0.0664. The van der Waals surface area contributed by atoms with Crippen LogP contribution >= 0.6 is 11.8 Å². The van der Waals surface area contributed by atoms with Gasteiger partial charge in [0.15, 0.2) is 5.58 Å². The van der Waals surface area contributed by atoms with Crippen LogP contribution in [0, 0.1) is 0 Å². The van der Waals surface area contributed by atoms with E-state index in [1.807, 2.05) is 12.3 Å². The average Bonchev–Trinajstić information content (AvgIpc) is 2.57. The summed E-state index contributed by atoms with van der Waals surface area (Å²) in [7, 11) is 0. The molecule has 1 aromatic heterocycles. The molecule has 0 N–H and O–H groups in total. The van der Waals surface area contributed by atoms with Crippen molar-refractivity contribution >= 4 is 22.9 Å². The van der Waals surface area contributed by atoms with Gasteiger partial charge in [0.25, 0.3) is 0 Å². The third kappa shape index (κ3) is 2.20. The molecule has 6 heteroatoms. The van der Waals surface area contributed by atoms with Crippen LogP contribution in [0.25, 0.3) is 11.1 Å². The highest BCUT2D eigenvalue weighted by Gasteiger charge is 2.11. The fourth-order valence-electron chi connectivity index (χ4n) is 1.14. The smallest absolute Gasteiger partial charge is 0.399 e. The van der Waals surface area contributed by atoms with Crippen LogP contribution in [0.15, 0.2) is 27.5 Å². The molecular formula is C9H7F2NO2S. The van der Waals surface area contributed by atoms with Crippen molar-refractivity contribution in [1.82, 2.24) is 4.98 Å². The number of nitrogens with zero attached hydrogens (tertiary/aromatic N) is 1. The van der Waals surface area contributed by atoms with Crippen molar-refractivity contribution in [2.24, 2.45) is 0 Å². The second-order valence-corrected chi connectivity index (χ2v) is 3.57. The molecule has 0 unspecified atom stereocenters. The zero-order valence-electron chi connectivity index (χ0n) is 7.74. The van der Waals surface area contributed by atoms with E-state index < -0.39 is 12.7 Å². The quantitative estimate of drug-likeness (QED) is 0.760. The van der Waals surface area contributed by atoms with Gasteiger partial charge in [-0.2, -0.15) is 13.8 Å². The Labute approximate surface area is 88.4 Å². The Morgan fingerprint density at radius 1 is 1.47 bits per heavy atom. The van der Waals surface area contributed by atoms with Crippen molar-refractivity contribution in [2.45, 2.75) is 11.5 Å². The van der Waals surface area contributed by atoms with Crippen LogP contribution in [0.2, 0.25) is 0 Å². The molecule has 2 rings (SSSR count). The van der Waals surface area contributed by atoms with E-state index >= 15 is 0 Å². The maximum absolute atomic E-state index is 11.9. The predicted molar refractivity (Wildman–Crippen MR) is 52.4 cm³/mol. The summed E-state index contributed by atoms with van der Waals surface area (Å²) in [5, 5.41) is 0. The fourth-order valence-corrected chi connectivity index (χ4v) is 1.57. The second-order valence-electron chi connectivity index (χ2n) is 2.69. The average molecular weight is 231 g/mol. The Morgan fingerprint density at radius 3 is 2.93 bits per heavy atom. The standard InChI is InChI=1S/C9H7F2NO2S/c1-15-5-2-3-7-6(4-5)12-9(13-7)14-8(10)11/h2-4,8H,1H3. The number of hydrogen-bond donors (Lipinski definition) is 0. The van der Waals surface area contributed by atoms with E-state index in [1.54, 1.807) is 12.1 Å². The third-order valence-electron chi connectivity index (χ3n) is 1.77. The summed E-state index contributed by atoms with van der Waals surface area (Å²) in [4.78, 5) is 4.76. The number of alkyl halides is 2. The van der Waals surface area contributed by atoms with Crippen molar-refractivity contribution in [1.29, 1.82) is 0 Å². The molecule has 0 atom stereocenters. The van der Waals surface area contributed by atoms with Crippen molar-refractivity contribution in [3.05, 3.63) is 18.2 Å². The van der Waals surface area contributed by atoms with Crippen molar-refractivity contribution in [3.63, 3.8) is 0 Å². The molecule has 1 heterocycles. The van der Waals surface area contributed by atoms with Crippen molar-refractivity contribution in [2.75, 3.05) is 6.26 Å². The Hall–Kier alpha value is -1.30. The Morgan fingerprint density at radius 2 is 2.27 bits per heavy atom. The highest BCUT2D eigenvalue weighted by molar-refractivity contribution is 7.98. The lowest BCUT2D eigenvalue weighted by Crippen LogP contribution is -2.01. The predicted octanol–water partition coefficient (Wildman–Crippen LogP) is 3.15. The number of halogens is 2. The van der Waals surface area contributed by atoms with Crippen LogP contribution in [-0.2, 0) is 0 Å². The van der Waals surface area contributed by atoms with E-state index in [4.69, 9.17) is 4.42 Å². The number of thioether (sulfide) groups is 1. The minimum Gasteiger partial charge on any atom is -0.409 e. The Kier molecular flexibility index (Phi) is 2.77. The van der Waals surface area contributed by atoms with Crippen LogP contribution in [0.4, 0.5) is 8.78 Å². The van der Waals surface area contributed by atoms with Crippen LogP contribution in [0.5, 0.6) is 6.08 Å². The van der Waals surface area contributed by atoms with E-state index in [2.05, 4.69) is 9.72 Å². The number of rotatable bonds is 3. The highest BCUT2D eigenvalue weighted by atomic mass is 32.2. The summed E-state index contributed by atoms with van der Waals surface area (Å²) in [5.41, 5.74) is 0.945. The molecule has 0 saturated heterocycles. The SMILES string of the molecule is CSc1ccc2oc(OC(F)F)nc2c1. The molecule has 1 aromatic carbocycles. The van der Waals surface area contributed by atoms with E-state index in [0.29, 0.717) is 11.1 Å². The normalized spacial score (nSPS) is 11.2. The van der Waals surface area contributed by atoms with Crippen molar-refractivity contribution < 1.29 is 17.9 Å². The van der Waals surface area contributed by atoms with Gasteiger partial charge in [0, 0.05) is 4.90 Å². The molecule has 3 nitrogen and oxygen atoms in total. The molecule has 15 heavy (non-hydrogen) atoms. The molecule has 0 spiro atoms. The molecule has 0 bridgehead atoms. The number of hydrogen-bond acceptors (Lipinski definition) is 4. The van der Waals surface area contributed by atoms with Crippen molar-refractivity contribution in [3.8, 4) is 6.08 Å². The lowest BCUT2D eigenvalue weighted by atomic mass is 10.3. The summed E-state index contributed by atoms with van der Waals surface area (Å²) in [6, 6.07) is 5.25. The number of ether oxygens (including phenoxy) is 1. The number of fused-ring (bicyclic) bond motifs is 1. The van der Waals surface area contributed by atoms with Gasteiger partial charge in [0.1, 0.15) is 5.52 Å². The molecule has 2 aromatic rings. The zero-order valence-corrected chi connectivity index (χ0v) is 8.55. The van der Waals surface area contributed by atoms with Gasteiger partial charge < -0.3 is 9.15 Å². The number of benzene rings is 1. The summed E-state index contributed by atoms with van der Waals surface area (Å²) in [6.45, 7) is -2.92. The van der Waals surface area contributed by atoms with Crippen LogP contribution in [-0.4, -0.2) is 17.9 Å². The maximum atomic E-state index is 11.9. The number of aromatic nitrogens is 1. The first-order valence-electron chi connectivity index (χ1n) is 4.08. The molecular weight excluding hydrogens is 224 g/mol. The fraction of sp³-hybridized carbons (Fsp3) is 0.222. The minimum atomic E-state index is -2.92. The zero-order chi connectivity index (χ0) is 10.8. The van der Waals surface area contributed by atoms with Gasteiger partial charge in [-0.05, 0) is 24.5 Å². The summed E-state index contributed by atoms with van der Waals surface area (Å²) in [5.74, 6) is 0.